The van der Waals surface area contributed by atoms with Crippen LogP contribution < -0.4 is 5.73 Å². The van der Waals surface area contributed by atoms with Crippen LogP contribution in [0.4, 0.5) is 5.95 Å². The zero-order valence-corrected chi connectivity index (χ0v) is 11.5. The van der Waals surface area contributed by atoms with Crippen LogP contribution in [-0.4, -0.2) is 19.6 Å². The summed E-state index contributed by atoms with van der Waals surface area (Å²) >= 11 is 0. The molecular weight excluding hydrogens is 262 g/mol. The van der Waals surface area contributed by atoms with Crippen LogP contribution in [-0.2, 0) is 0 Å². The van der Waals surface area contributed by atoms with Crippen LogP contribution in [0.3, 0.4) is 0 Å². The summed E-state index contributed by atoms with van der Waals surface area (Å²) in [6.45, 7) is 2.00. The van der Waals surface area contributed by atoms with Gasteiger partial charge >= 0.3 is 0 Å². The molecule has 0 radical (unpaired) electrons. The summed E-state index contributed by atoms with van der Waals surface area (Å²) in [4.78, 5) is 8.71. The van der Waals surface area contributed by atoms with E-state index < -0.39 is 0 Å². The number of nitrogen functional groups attached to an aromatic ring is 1. The molecule has 0 spiro atoms. The van der Waals surface area contributed by atoms with Crippen molar-refractivity contribution in [1.29, 1.82) is 0 Å². The Morgan fingerprint density at radius 3 is 2.86 bits per heavy atom. The lowest BCUT2D eigenvalue weighted by Gasteiger charge is -2.05. The van der Waals surface area contributed by atoms with E-state index in [4.69, 9.17) is 5.73 Å². The maximum atomic E-state index is 5.67. The van der Waals surface area contributed by atoms with E-state index in [1.165, 1.54) is 0 Å². The molecule has 0 saturated heterocycles. The van der Waals surface area contributed by atoms with Crippen molar-refractivity contribution in [2.75, 3.05) is 5.73 Å². The summed E-state index contributed by atoms with van der Waals surface area (Å²) < 4.78 is 1.72. The molecular formula is C16H13N5. The standard InChI is InChI=1S/C16H13N5/c1-10-6-13(9-21-15(10)19-16(17)20-21)12-7-11-4-2-3-5-14(11)18-8-12/h2-9H,1H3,(H2,17,20). The number of rotatable bonds is 1. The van der Waals surface area contributed by atoms with E-state index in [0.717, 1.165) is 33.2 Å². The molecule has 0 bridgehead atoms. The summed E-state index contributed by atoms with van der Waals surface area (Å²) in [5.41, 5.74) is 10.6. The number of aryl methyl sites for hydroxylation is 1. The Morgan fingerprint density at radius 2 is 1.95 bits per heavy atom. The average molecular weight is 275 g/mol. The summed E-state index contributed by atoms with van der Waals surface area (Å²) in [6.07, 6.45) is 3.81. The highest BCUT2D eigenvalue weighted by Crippen LogP contribution is 2.24. The van der Waals surface area contributed by atoms with Gasteiger partial charge in [0.2, 0.25) is 5.95 Å². The lowest BCUT2D eigenvalue weighted by atomic mass is 10.1. The van der Waals surface area contributed by atoms with Crippen molar-refractivity contribution >= 4 is 22.5 Å². The van der Waals surface area contributed by atoms with Gasteiger partial charge in [-0.25, -0.2) is 4.52 Å². The molecule has 1 aromatic carbocycles. The van der Waals surface area contributed by atoms with Gasteiger partial charge in [-0.1, -0.05) is 18.2 Å². The smallest absolute Gasteiger partial charge is 0.240 e. The second-order valence-electron chi connectivity index (χ2n) is 5.07. The Hall–Kier alpha value is -2.95. The minimum Gasteiger partial charge on any atom is -0.366 e. The number of anilines is 1. The lowest BCUT2D eigenvalue weighted by molar-refractivity contribution is 0.964. The third kappa shape index (κ3) is 1.90. The zero-order chi connectivity index (χ0) is 14.4. The largest absolute Gasteiger partial charge is 0.366 e. The molecule has 0 saturated carbocycles. The minimum atomic E-state index is 0.284. The van der Waals surface area contributed by atoms with E-state index in [1.807, 2.05) is 37.5 Å². The van der Waals surface area contributed by atoms with Crippen molar-refractivity contribution in [3.8, 4) is 11.1 Å². The first kappa shape index (κ1) is 11.8. The normalized spacial score (nSPS) is 11.3. The molecule has 102 valence electrons. The summed E-state index contributed by atoms with van der Waals surface area (Å²) in [5.74, 6) is 0.284. The molecule has 3 heterocycles. The molecule has 0 unspecified atom stereocenters. The lowest BCUT2D eigenvalue weighted by Crippen LogP contribution is -1.93. The van der Waals surface area contributed by atoms with Gasteiger partial charge in [0.1, 0.15) is 0 Å². The third-order valence-electron chi connectivity index (χ3n) is 3.56. The highest BCUT2D eigenvalue weighted by atomic mass is 15.3. The quantitative estimate of drug-likeness (QED) is 0.580. The Bertz CT molecular complexity index is 971. The predicted molar refractivity (Wildman–Crippen MR) is 82.9 cm³/mol. The number of nitrogens with two attached hydrogens (primary N) is 1. The second kappa shape index (κ2) is 4.28. The van der Waals surface area contributed by atoms with Gasteiger partial charge in [0.25, 0.3) is 0 Å². The average Bonchev–Trinajstić information content (AvgIpc) is 2.88. The minimum absolute atomic E-state index is 0.284. The molecule has 21 heavy (non-hydrogen) atoms. The van der Waals surface area contributed by atoms with E-state index in [2.05, 4.69) is 33.3 Å². The Balaban J connectivity index is 1.94. The molecule has 0 aliphatic carbocycles. The fourth-order valence-electron chi connectivity index (χ4n) is 2.55. The number of hydrogen-bond donors (Lipinski definition) is 1. The SMILES string of the molecule is Cc1cc(-c2cnc3ccccc3c2)cn2nc(N)nc12. The maximum Gasteiger partial charge on any atom is 0.240 e. The van der Waals surface area contributed by atoms with E-state index in [-0.39, 0.29) is 5.95 Å². The maximum absolute atomic E-state index is 5.67. The van der Waals surface area contributed by atoms with E-state index in [9.17, 15) is 0 Å². The molecule has 4 rings (SSSR count). The molecule has 0 amide bonds. The van der Waals surface area contributed by atoms with Gasteiger partial charge in [-0.15, -0.1) is 5.10 Å². The second-order valence-corrected chi connectivity index (χ2v) is 5.07. The van der Waals surface area contributed by atoms with Crippen molar-refractivity contribution in [2.24, 2.45) is 0 Å². The van der Waals surface area contributed by atoms with Crippen LogP contribution in [0.25, 0.3) is 27.7 Å². The first-order chi connectivity index (χ1) is 10.2. The van der Waals surface area contributed by atoms with Crippen molar-refractivity contribution in [2.45, 2.75) is 6.92 Å². The summed E-state index contributed by atoms with van der Waals surface area (Å²) in [6, 6.07) is 12.3. The number of para-hydroxylation sites is 1. The highest BCUT2D eigenvalue weighted by Gasteiger charge is 2.08. The number of benzene rings is 1. The van der Waals surface area contributed by atoms with Gasteiger partial charge in [0.05, 0.1) is 5.52 Å². The van der Waals surface area contributed by atoms with E-state index in [1.54, 1.807) is 4.52 Å². The topological polar surface area (TPSA) is 69.1 Å². The van der Waals surface area contributed by atoms with E-state index in [0.29, 0.717) is 0 Å². The summed E-state index contributed by atoms with van der Waals surface area (Å²) in [5, 5.41) is 5.30. The van der Waals surface area contributed by atoms with Crippen molar-refractivity contribution in [3.05, 3.63) is 54.4 Å². The van der Waals surface area contributed by atoms with Crippen molar-refractivity contribution in [3.63, 3.8) is 0 Å². The van der Waals surface area contributed by atoms with Crippen LogP contribution in [0.1, 0.15) is 5.56 Å². The van der Waals surface area contributed by atoms with Crippen LogP contribution in [0.2, 0.25) is 0 Å². The molecule has 5 nitrogen and oxygen atoms in total. The van der Waals surface area contributed by atoms with Gasteiger partial charge in [0.15, 0.2) is 5.65 Å². The fourth-order valence-corrected chi connectivity index (χ4v) is 2.55. The van der Waals surface area contributed by atoms with Crippen LogP contribution >= 0.6 is 0 Å². The number of nitrogens with zero attached hydrogens (tertiary/aromatic N) is 4. The monoisotopic (exact) mass is 275 g/mol. The summed E-state index contributed by atoms with van der Waals surface area (Å²) in [7, 11) is 0. The molecule has 0 atom stereocenters. The highest BCUT2D eigenvalue weighted by molar-refractivity contribution is 5.83. The molecule has 5 heteroatoms. The van der Waals surface area contributed by atoms with Gasteiger partial charge in [-0.05, 0) is 30.7 Å². The Kier molecular flexibility index (Phi) is 2.41. The number of fused-ring (bicyclic) bond motifs is 2. The first-order valence-corrected chi connectivity index (χ1v) is 6.68. The van der Waals surface area contributed by atoms with Crippen molar-refractivity contribution < 1.29 is 0 Å². The molecule has 0 aliphatic heterocycles. The van der Waals surface area contributed by atoms with Crippen molar-refractivity contribution in [1.82, 2.24) is 19.6 Å². The number of aromatic nitrogens is 4. The first-order valence-electron chi connectivity index (χ1n) is 6.68. The molecule has 2 N–H and O–H groups in total. The fraction of sp³-hybridized carbons (Fsp3) is 0.0625. The van der Waals surface area contributed by atoms with Crippen LogP contribution in [0.15, 0.2) is 48.8 Å². The van der Waals surface area contributed by atoms with E-state index >= 15 is 0 Å². The Morgan fingerprint density at radius 1 is 1.10 bits per heavy atom. The third-order valence-corrected chi connectivity index (χ3v) is 3.56. The molecule has 3 aromatic heterocycles. The van der Waals surface area contributed by atoms with Gasteiger partial charge in [-0.3, -0.25) is 4.98 Å². The Labute approximate surface area is 121 Å². The molecule has 0 aliphatic rings. The molecule has 0 fully saturated rings. The van der Waals surface area contributed by atoms with Gasteiger partial charge in [0, 0.05) is 28.9 Å². The van der Waals surface area contributed by atoms with Gasteiger partial charge < -0.3 is 5.73 Å². The number of hydrogen-bond acceptors (Lipinski definition) is 4. The zero-order valence-electron chi connectivity index (χ0n) is 11.5. The predicted octanol–water partition coefficient (Wildman–Crippen LogP) is 2.84. The van der Waals surface area contributed by atoms with Crippen LogP contribution in [0.5, 0.6) is 0 Å². The molecule has 4 aromatic rings. The number of pyridine rings is 2. The van der Waals surface area contributed by atoms with Gasteiger partial charge in [-0.2, -0.15) is 4.98 Å². The van der Waals surface area contributed by atoms with Crippen LogP contribution in [0, 0.1) is 6.92 Å².